The first-order chi connectivity index (χ1) is 9.57. The van der Waals surface area contributed by atoms with E-state index in [1.165, 1.54) is 0 Å². The summed E-state index contributed by atoms with van der Waals surface area (Å²) < 4.78 is 10.7. The van der Waals surface area contributed by atoms with Crippen LogP contribution in [0.5, 0.6) is 11.5 Å². The van der Waals surface area contributed by atoms with Crippen LogP contribution in [0.2, 0.25) is 5.02 Å². The van der Waals surface area contributed by atoms with Gasteiger partial charge in [-0.25, -0.2) is 0 Å². The number of ketones is 1. The van der Waals surface area contributed by atoms with Gasteiger partial charge in [0.1, 0.15) is 17.3 Å². The van der Waals surface area contributed by atoms with E-state index in [9.17, 15) is 4.79 Å². The molecule has 0 spiro atoms. The molecule has 0 aliphatic rings. The third-order valence-electron chi connectivity index (χ3n) is 3.60. The SMILES string of the molecule is CCC(=O)CCC(CC)c1cc(OC)c(Cl)cc1OC. The smallest absolute Gasteiger partial charge is 0.138 e. The minimum Gasteiger partial charge on any atom is -0.496 e. The molecule has 0 saturated heterocycles. The number of Topliss-reactive ketones (excluding diaryl/α,β-unsaturated/α-hetero) is 1. The lowest BCUT2D eigenvalue weighted by molar-refractivity contribution is -0.118. The van der Waals surface area contributed by atoms with Crippen molar-refractivity contribution in [3.05, 3.63) is 22.7 Å². The van der Waals surface area contributed by atoms with Gasteiger partial charge >= 0.3 is 0 Å². The molecule has 0 fully saturated rings. The summed E-state index contributed by atoms with van der Waals surface area (Å²) in [6.07, 6.45) is 2.96. The van der Waals surface area contributed by atoms with Gasteiger partial charge in [0.05, 0.1) is 19.2 Å². The maximum Gasteiger partial charge on any atom is 0.138 e. The zero-order valence-corrected chi connectivity index (χ0v) is 13.4. The fourth-order valence-corrected chi connectivity index (χ4v) is 2.53. The van der Waals surface area contributed by atoms with Crippen molar-refractivity contribution in [1.29, 1.82) is 0 Å². The molecular formula is C16H23ClO3. The van der Waals surface area contributed by atoms with E-state index in [2.05, 4.69) is 6.92 Å². The van der Waals surface area contributed by atoms with Gasteiger partial charge in [0.15, 0.2) is 0 Å². The highest BCUT2D eigenvalue weighted by Crippen LogP contribution is 2.39. The van der Waals surface area contributed by atoms with Gasteiger partial charge in [-0.05, 0) is 24.8 Å². The maximum atomic E-state index is 11.5. The largest absolute Gasteiger partial charge is 0.496 e. The molecule has 20 heavy (non-hydrogen) atoms. The lowest BCUT2D eigenvalue weighted by atomic mass is 9.90. The fourth-order valence-electron chi connectivity index (χ4n) is 2.29. The Hall–Kier alpha value is -1.22. The molecule has 112 valence electrons. The second kappa shape index (κ2) is 8.15. The van der Waals surface area contributed by atoms with E-state index >= 15 is 0 Å². The van der Waals surface area contributed by atoms with Crippen LogP contribution in [0.1, 0.15) is 51.0 Å². The molecule has 0 aliphatic carbocycles. The van der Waals surface area contributed by atoms with Gasteiger partial charge < -0.3 is 9.47 Å². The van der Waals surface area contributed by atoms with Crippen LogP contribution in [0.4, 0.5) is 0 Å². The molecule has 0 radical (unpaired) electrons. The zero-order valence-electron chi connectivity index (χ0n) is 12.7. The van der Waals surface area contributed by atoms with E-state index in [4.69, 9.17) is 21.1 Å². The highest BCUT2D eigenvalue weighted by molar-refractivity contribution is 6.32. The molecule has 1 aromatic carbocycles. The first kappa shape index (κ1) is 16.8. The number of methoxy groups -OCH3 is 2. The van der Waals surface area contributed by atoms with Crippen molar-refractivity contribution in [2.75, 3.05) is 14.2 Å². The van der Waals surface area contributed by atoms with Gasteiger partial charge in [-0.1, -0.05) is 25.4 Å². The van der Waals surface area contributed by atoms with Gasteiger partial charge in [-0.3, -0.25) is 4.79 Å². The number of halogens is 1. The van der Waals surface area contributed by atoms with Crippen LogP contribution < -0.4 is 9.47 Å². The van der Waals surface area contributed by atoms with E-state index in [-0.39, 0.29) is 5.92 Å². The van der Waals surface area contributed by atoms with Crippen molar-refractivity contribution in [2.24, 2.45) is 0 Å². The molecule has 1 atom stereocenters. The molecule has 1 unspecified atom stereocenters. The third-order valence-corrected chi connectivity index (χ3v) is 3.90. The topological polar surface area (TPSA) is 35.5 Å². The standard InChI is InChI=1S/C16H23ClO3/c1-5-11(7-8-12(18)6-2)13-9-16(20-4)14(17)10-15(13)19-3/h9-11H,5-8H2,1-4H3. The van der Waals surface area contributed by atoms with Crippen molar-refractivity contribution >= 4 is 17.4 Å². The van der Waals surface area contributed by atoms with Gasteiger partial charge in [-0.2, -0.15) is 0 Å². The van der Waals surface area contributed by atoms with Crippen molar-refractivity contribution < 1.29 is 14.3 Å². The van der Waals surface area contributed by atoms with E-state index in [0.717, 1.165) is 24.2 Å². The average Bonchev–Trinajstić information content (AvgIpc) is 2.47. The fraction of sp³-hybridized carbons (Fsp3) is 0.562. The second-order valence-corrected chi connectivity index (χ2v) is 5.17. The predicted molar refractivity (Wildman–Crippen MR) is 82.1 cm³/mol. The molecular weight excluding hydrogens is 276 g/mol. The normalized spacial score (nSPS) is 12.1. The molecule has 4 heteroatoms. The number of hydrogen-bond donors (Lipinski definition) is 0. The van der Waals surface area contributed by atoms with Crippen LogP contribution in [0.15, 0.2) is 12.1 Å². The number of benzene rings is 1. The highest BCUT2D eigenvalue weighted by atomic mass is 35.5. The first-order valence-electron chi connectivity index (χ1n) is 7.00. The minimum absolute atomic E-state index is 0.270. The summed E-state index contributed by atoms with van der Waals surface area (Å²) in [5.41, 5.74) is 1.06. The third kappa shape index (κ3) is 4.14. The Morgan fingerprint density at radius 1 is 1.20 bits per heavy atom. The summed E-state index contributed by atoms with van der Waals surface area (Å²) in [6.45, 7) is 4.01. The van der Waals surface area contributed by atoms with Gasteiger partial charge in [0.25, 0.3) is 0 Å². The lowest BCUT2D eigenvalue weighted by Gasteiger charge is -2.19. The average molecular weight is 299 g/mol. The number of hydrogen-bond acceptors (Lipinski definition) is 3. The maximum absolute atomic E-state index is 11.5. The molecule has 0 bridgehead atoms. The highest BCUT2D eigenvalue weighted by Gasteiger charge is 2.18. The Bertz CT molecular complexity index is 457. The van der Waals surface area contributed by atoms with Crippen LogP contribution in [0, 0.1) is 0 Å². The molecule has 0 N–H and O–H groups in total. The van der Waals surface area contributed by atoms with Gasteiger partial charge in [-0.15, -0.1) is 0 Å². The molecule has 0 amide bonds. The molecule has 0 aliphatic heterocycles. The van der Waals surface area contributed by atoms with Gasteiger partial charge in [0, 0.05) is 24.5 Å². The van der Waals surface area contributed by atoms with Crippen LogP contribution in [-0.2, 0) is 4.79 Å². The number of ether oxygens (including phenoxy) is 2. The van der Waals surface area contributed by atoms with Crippen LogP contribution in [0.3, 0.4) is 0 Å². The Balaban J connectivity index is 3.03. The molecule has 1 rings (SSSR count). The van der Waals surface area contributed by atoms with E-state index in [1.54, 1.807) is 20.3 Å². The summed E-state index contributed by atoms with van der Waals surface area (Å²) >= 11 is 6.12. The van der Waals surface area contributed by atoms with Crippen molar-refractivity contribution in [1.82, 2.24) is 0 Å². The number of rotatable bonds is 8. The number of carbonyl (C=O) groups is 1. The van der Waals surface area contributed by atoms with Crippen LogP contribution in [0.25, 0.3) is 0 Å². The summed E-state index contributed by atoms with van der Waals surface area (Å²) in [6, 6.07) is 3.70. The summed E-state index contributed by atoms with van der Waals surface area (Å²) in [5.74, 6) is 1.96. The molecule has 0 aromatic heterocycles. The van der Waals surface area contributed by atoms with E-state index in [1.807, 2.05) is 13.0 Å². The monoisotopic (exact) mass is 298 g/mol. The van der Waals surface area contributed by atoms with Crippen LogP contribution in [-0.4, -0.2) is 20.0 Å². The van der Waals surface area contributed by atoms with Crippen molar-refractivity contribution in [2.45, 2.75) is 45.4 Å². The quantitative estimate of drug-likeness (QED) is 0.703. The Morgan fingerprint density at radius 2 is 1.85 bits per heavy atom. The zero-order chi connectivity index (χ0) is 15.1. The minimum atomic E-state index is 0.270. The lowest BCUT2D eigenvalue weighted by Crippen LogP contribution is -2.05. The van der Waals surface area contributed by atoms with E-state index < -0.39 is 0 Å². The molecule has 0 saturated carbocycles. The second-order valence-electron chi connectivity index (χ2n) is 4.76. The van der Waals surface area contributed by atoms with Gasteiger partial charge in [0.2, 0.25) is 0 Å². The van der Waals surface area contributed by atoms with Crippen molar-refractivity contribution in [3.8, 4) is 11.5 Å². The number of carbonyl (C=O) groups excluding carboxylic acids is 1. The first-order valence-corrected chi connectivity index (χ1v) is 7.38. The summed E-state index contributed by atoms with van der Waals surface area (Å²) in [5, 5.41) is 0.535. The Kier molecular flexibility index (Phi) is 6.86. The summed E-state index contributed by atoms with van der Waals surface area (Å²) in [4.78, 5) is 11.5. The molecule has 1 aromatic rings. The van der Waals surface area contributed by atoms with E-state index in [0.29, 0.717) is 29.4 Å². The Labute approximate surface area is 126 Å². The van der Waals surface area contributed by atoms with Crippen LogP contribution >= 0.6 is 11.6 Å². The molecule has 3 nitrogen and oxygen atoms in total. The summed E-state index contributed by atoms with van der Waals surface area (Å²) in [7, 11) is 3.23. The predicted octanol–water partition coefficient (Wildman–Crippen LogP) is 4.61. The Morgan fingerprint density at radius 3 is 2.35 bits per heavy atom. The van der Waals surface area contributed by atoms with Crippen molar-refractivity contribution in [3.63, 3.8) is 0 Å². The molecule has 0 heterocycles.